The minimum Gasteiger partial charge on any atom is -0.507 e. The molecule has 0 atom stereocenters. The molecule has 1 N–H and O–H groups in total. The van der Waals surface area contributed by atoms with E-state index in [2.05, 4.69) is 0 Å². The molecule has 2 aromatic carbocycles. The van der Waals surface area contributed by atoms with Crippen LogP contribution in [-0.4, -0.2) is 5.11 Å². The van der Waals surface area contributed by atoms with Crippen LogP contribution in [0.3, 0.4) is 0 Å². The van der Waals surface area contributed by atoms with Crippen LogP contribution in [0.2, 0.25) is 5.02 Å². The molecular formula is C10H7ClO. The third kappa shape index (κ3) is 1.03. The van der Waals surface area contributed by atoms with Crippen molar-refractivity contribution in [2.24, 2.45) is 0 Å². The van der Waals surface area contributed by atoms with E-state index < -0.39 is 0 Å². The van der Waals surface area contributed by atoms with Gasteiger partial charge in [-0.05, 0) is 17.5 Å². The lowest BCUT2D eigenvalue weighted by molar-refractivity contribution is 0.481. The Labute approximate surface area is 75.2 Å². The molecule has 0 fully saturated rings. The number of fused-ring (bicyclic) bond motifs is 1. The van der Waals surface area contributed by atoms with Crippen molar-refractivity contribution in [3.05, 3.63) is 41.4 Å². The Morgan fingerprint density at radius 1 is 1.00 bits per heavy atom. The molecule has 0 amide bonds. The van der Waals surface area contributed by atoms with Gasteiger partial charge in [0.1, 0.15) is 5.75 Å². The van der Waals surface area contributed by atoms with Gasteiger partial charge in [-0.3, -0.25) is 0 Å². The molecule has 0 radical (unpaired) electrons. The number of phenolic OH excluding ortho intramolecular Hbond substituents is 1. The summed E-state index contributed by atoms with van der Waals surface area (Å²) in [5.41, 5.74) is 0. The number of aromatic hydroxyl groups is 1. The summed E-state index contributed by atoms with van der Waals surface area (Å²) in [5, 5.41) is 11.7. The summed E-state index contributed by atoms with van der Waals surface area (Å²) in [6, 6.07) is 10.9. The first-order valence-electron chi connectivity index (χ1n) is 3.65. The van der Waals surface area contributed by atoms with Gasteiger partial charge in [-0.25, -0.2) is 0 Å². The molecule has 0 aliphatic carbocycles. The summed E-state index contributed by atoms with van der Waals surface area (Å²) in [5.74, 6) is 0.234. The van der Waals surface area contributed by atoms with Gasteiger partial charge in [0.05, 0.1) is 5.02 Å². The highest BCUT2D eigenvalue weighted by Crippen LogP contribution is 2.30. The number of halogens is 1. The van der Waals surface area contributed by atoms with Crippen LogP contribution in [0, 0.1) is 0 Å². The van der Waals surface area contributed by atoms with E-state index in [-0.39, 0.29) is 5.75 Å². The predicted molar refractivity (Wildman–Crippen MR) is 50.6 cm³/mol. The summed E-state index contributed by atoms with van der Waals surface area (Å²) >= 11 is 5.90. The molecule has 1 nitrogen and oxygen atoms in total. The fraction of sp³-hybridized carbons (Fsp3) is 0. The quantitative estimate of drug-likeness (QED) is 0.657. The first-order valence-corrected chi connectivity index (χ1v) is 4.03. The van der Waals surface area contributed by atoms with Crippen LogP contribution in [0.25, 0.3) is 10.8 Å². The zero-order valence-electron chi connectivity index (χ0n) is 6.29. The number of rotatable bonds is 0. The fourth-order valence-electron chi connectivity index (χ4n) is 1.28. The van der Waals surface area contributed by atoms with E-state index in [1.807, 2.05) is 18.2 Å². The van der Waals surface area contributed by atoms with E-state index >= 15 is 0 Å². The molecule has 0 heterocycles. The maximum absolute atomic E-state index is 9.47. The van der Waals surface area contributed by atoms with Crippen LogP contribution >= 0.6 is 11.6 Å². The number of phenols is 1. The second kappa shape index (κ2) is 2.68. The predicted octanol–water partition coefficient (Wildman–Crippen LogP) is 3.20. The lowest BCUT2D eigenvalue weighted by atomic mass is 10.1. The fourth-order valence-corrected chi connectivity index (χ4v) is 1.55. The molecule has 0 saturated heterocycles. The van der Waals surface area contributed by atoms with Crippen LogP contribution in [0.4, 0.5) is 0 Å². The smallest absolute Gasteiger partial charge is 0.124 e. The van der Waals surface area contributed by atoms with Gasteiger partial charge in [-0.2, -0.15) is 0 Å². The van der Waals surface area contributed by atoms with Crippen molar-refractivity contribution in [3.63, 3.8) is 0 Å². The van der Waals surface area contributed by atoms with Gasteiger partial charge in [-0.1, -0.05) is 35.9 Å². The van der Waals surface area contributed by atoms with E-state index in [4.69, 9.17) is 11.6 Å². The van der Waals surface area contributed by atoms with Crippen LogP contribution in [0.15, 0.2) is 36.4 Å². The maximum Gasteiger partial charge on any atom is 0.124 e. The molecule has 0 saturated carbocycles. The number of benzene rings is 2. The van der Waals surface area contributed by atoms with E-state index in [1.165, 1.54) is 0 Å². The maximum atomic E-state index is 9.47. The Bertz CT molecular complexity index is 386. The lowest BCUT2D eigenvalue weighted by Gasteiger charge is -2.01. The lowest BCUT2D eigenvalue weighted by Crippen LogP contribution is -1.74. The van der Waals surface area contributed by atoms with Crippen LogP contribution in [0.5, 0.6) is 5.75 Å². The molecule has 2 aromatic rings. The largest absolute Gasteiger partial charge is 0.507 e. The molecule has 0 aromatic heterocycles. The molecule has 12 heavy (non-hydrogen) atoms. The van der Waals surface area contributed by atoms with Crippen molar-refractivity contribution in [3.8, 4) is 5.75 Å². The van der Waals surface area contributed by atoms with Gasteiger partial charge in [-0.15, -0.1) is 0 Å². The highest BCUT2D eigenvalue weighted by Gasteiger charge is 2.01. The van der Waals surface area contributed by atoms with E-state index in [0.29, 0.717) is 5.02 Å². The monoisotopic (exact) mass is 178 g/mol. The van der Waals surface area contributed by atoms with Gasteiger partial charge in [0.15, 0.2) is 0 Å². The molecule has 60 valence electrons. The van der Waals surface area contributed by atoms with Crippen molar-refractivity contribution in [1.82, 2.24) is 0 Å². The van der Waals surface area contributed by atoms with Crippen molar-refractivity contribution in [1.29, 1.82) is 0 Å². The molecular weight excluding hydrogens is 172 g/mol. The summed E-state index contributed by atoms with van der Waals surface area (Å²) in [6.45, 7) is 0. The summed E-state index contributed by atoms with van der Waals surface area (Å²) in [4.78, 5) is 0. The first kappa shape index (κ1) is 7.44. The zero-order valence-corrected chi connectivity index (χ0v) is 7.05. The van der Waals surface area contributed by atoms with Crippen LogP contribution < -0.4 is 0 Å². The van der Waals surface area contributed by atoms with Crippen LogP contribution in [0.1, 0.15) is 0 Å². The average molecular weight is 179 g/mol. The summed E-state index contributed by atoms with van der Waals surface area (Å²) < 4.78 is 0. The Hall–Kier alpha value is -1.21. The van der Waals surface area contributed by atoms with E-state index in [0.717, 1.165) is 10.8 Å². The van der Waals surface area contributed by atoms with Gasteiger partial charge >= 0.3 is 0 Å². The van der Waals surface area contributed by atoms with Crippen molar-refractivity contribution >= 4 is 22.4 Å². The van der Waals surface area contributed by atoms with E-state index in [1.54, 1.807) is 18.2 Å². The van der Waals surface area contributed by atoms with Crippen molar-refractivity contribution in [2.75, 3.05) is 0 Å². The molecule has 2 rings (SSSR count). The molecule has 0 spiro atoms. The van der Waals surface area contributed by atoms with Gasteiger partial charge < -0.3 is 5.11 Å². The normalized spacial score (nSPS) is 10.4. The highest BCUT2D eigenvalue weighted by molar-refractivity contribution is 6.36. The third-order valence-corrected chi connectivity index (χ3v) is 2.15. The zero-order chi connectivity index (χ0) is 8.55. The molecule has 0 unspecified atom stereocenters. The van der Waals surface area contributed by atoms with E-state index in [9.17, 15) is 5.11 Å². The Kier molecular flexibility index (Phi) is 1.66. The SMILES string of the molecule is Oc1cccc2cccc(Cl)c12. The molecule has 2 heteroatoms. The minimum absolute atomic E-state index is 0.234. The molecule has 0 aliphatic rings. The molecule has 0 aliphatic heterocycles. The first-order chi connectivity index (χ1) is 5.79. The van der Waals surface area contributed by atoms with Gasteiger partial charge in [0, 0.05) is 5.39 Å². The Balaban J connectivity index is 2.96. The number of hydrogen-bond donors (Lipinski definition) is 1. The summed E-state index contributed by atoms with van der Waals surface area (Å²) in [7, 11) is 0. The molecule has 0 bridgehead atoms. The average Bonchev–Trinajstić information content (AvgIpc) is 2.04. The van der Waals surface area contributed by atoms with Crippen LogP contribution in [-0.2, 0) is 0 Å². The number of hydrogen-bond acceptors (Lipinski definition) is 1. The standard InChI is InChI=1S/C10H7ClO/c11-8-5-1-3-7-4-2-6-9(12)10(7)8/h1-6,12H. The van der Waals surface area contributed by atoms with Gasteiger partial charge in [0.2, 0.25) is 0 Å². The highest BCUT2D eigenvalue weighted by atomic mass is 35.5. The Morgan fingerprint density at radius 3 is 2.33 bits per heavy atom. The third-order valence-electron chi connectivity index (χ3n) is 1.83. The second-order valence-corrected chi connectivity index (χ2v) is 3.02. The Morgan fingerprint density at radius 2 is 1.67 bits per heavy atom. The van der Waals surface area contributed by atoms with Crippen molar-refractivity contribution in [2.45, 2.75) is 0 Å². The van der Waals surface area contributed by atoms with Gasteiger partial charge in [0.25, 0.3) is 0 Å². The second-order valence-electron chi connectivity index (χ2n) is 2.62. The van der Waals surface area contributed by atoms with Crippen molar-refractivity contribution < 1.29 is 5.11 Å². The minimum atomic E-state index is 0.234. The summed E-state index contributed by atoms with van der Waals surface area (Å²) in [6.07, 6.45) is 0. The topological polar surface area (TPSA) is 20.2 Å².